The Hall–Kier alpha value is -2.65. The van der Waals surface area contributed by atoms with Crippen LogP contribution in [-0.4, -0.2) is 23.2 Å². The molecule has 0 fully saturated rings. The fourth-order valence-electron chi connectivity index (χ4n) is 3.32. The zero-order valence-corrected chi connectivity index (χ0v) is 20.4. The Kier molecular flexibility index (Phi) is 7.49. The van der Waals surface area contributed by atoms with Crippen molar-refractivity contribution in [2.45, 2.75) is 30.1 Å². The fourth-order valence-corrected chi connectivity index (χ4v) is 5.48. The number of halogens is 1. The molecule has 0 radical (unpaired) electrons. The molecule has 0 bridgehead atoms. The summed E-state index contributed by atoms with van der Waals surface area (Å²) in [7, 11) is -3.56. The van der Waals surface area contributed by atoms with Crippen LogP contribution in [0.4, 0.5) is 0 Å². The van der Waals surface area contributed by atoms with Gasteiger partial charge in [-0.3, -0.25) is 4.57 Å². The van der Waals surface area contributed by atoms with Gasteiger partial charge in [-0.25, -0.2) is 13.1 Å². The van der Waals surface area contributed by atoms with E-state index in [0.717, 1.165) is 22.4 Å². The van der Waals surface area contributed by atoms with E-state index in [1.165, 1.54) is 11.8 Å². The minimum absolute atomic E-state index is 0.0139. The molecule has 0 aliphatic carbocycles. The molecule has 0 aliphatic heterocycles. The van der Waals surface area contributed by atoms with Gasteiger partial charge < -0.3 is 0 Å². The molecule has 0 amide bonds. The number of rotatable bonds is 9. The van der Waals surface area contributed by atoms with E-state index in [1.54, 1.807) is 12.1 Å². The number of nitrogens with zero attached hydrogens (tertiary/aromatic N) is 3. The van der Waals surface area contributed by atoms with Gasteiger partial charge in [-0.1, -0.05) is 90.1 Å². The van der Waals surface area contributed by atoms with Crippen LogP contribution in [0.1, 0.15) is 22.5 Å². The fraction of sp³-hybridized carbons (Fsp3) is 0.167. The van der Waals surface area contributed by atoms with Crippen LogP contribution in [-0.2, 0) is 28.1 Å². The van der Waals surface area contributed by atoms with Gasteiger partial charge in [-0.2, -0.15) is 0 Å². The molecule has 0 saturated heterocycles. The van der Waals surface area contributed by atoms with E-state index in [4.69, 9.17) is 11.6 Å². The van der Waals surface area contributed by atoms with E-state index in [2.05, 4.69) is 27.1 Å². The highest BCUT2D eigenvalue weighted by molar-refractivity contribution is 7.98. The van der Waals surface area contributed by atoms with Gasteiger partial charge in [0, 0.05) is 10.8 Å². The quantitative estimate of drug-likeness (QED) is 0.323. The molecule has 6 nitrogen and oxygen atoms in total. The molecule has 0 saturated carbocycles. The molecule has 0 atom stereocenters. The molecule has 170 valence electrons. The Balaban J connectivity index is 1.60. The Morgan fingerprint density at radius 3 is 2.30 bits per heavy atom. The van der Waals surface area contributed by atoms with Crippen molar-refractivity contribution in [3.63, 3.8) is 0 Å². The summed E-state index contributed by atoms with van der Waals surface area (Å²) in [5.74, 6) is 1.10. The summed E-state index contributed by atoms with van der Waals surface area (Å²) >= 11 is 7.81. The number of hydrogen-bond acceptors (Lipinski definition) is 5. The average Bonchev–Trinajstić information content (AvgIpc) is 3.22. The summed E-state index contributed by atoms with van der Waals surface area (Å²) < 4.78 is 29.9. The number of hydrogen-bond donors (Lipinski definition) is 1. The Morgan fingerprint density at radius 1 is 0.939 bits per heavy atom. The maximum absolute atomic E-state index is 12.7. The van der Waals surface area contributed by atoms with Gasteiger partial charge in [0.2, 0.25) is 10.0 Å². The molecule has 4 aromatic rings. The monoisotopic (exact) mass is 498 g/mol. The first kappa shape index (κ1) is 23.5. The summed E-state index contributed by atoms with van der Waals surface area (Å²) in [4.78, 5) is 0. The van der Waals surface area contributed by atoms with Gasteiger partial charge in [0.25, 0.3) is 0 Å². The van der Waals surface area contributed by atoms with Crippen molar-refractivity contribution in [3.05, 3.63) is 106 Å². The highest BCUT2D eigenvalue weighted by atomic mass is 35.5. The third-order valence-corrected chi connectivity index (χ3v) is 7.51. The van der Waals surface area contributed by atoms with Gasteiger partial charge in [0.05, 0.1) is 18.0 Å². The van der Waals surface area contributed by atoms with Crippen molar-refractivity contribution >= 4 is 33.4 Å². The van der Waals surface area contributed by atoms with Gasteiger partial charge in [-0.05, 0) is 35.7 Å². The third-order valence-electron chi connectivity index (χ3n) is 4.97. The molecule has 9 heteroatoms. The summed E-state index contributed by atoms with van der Waals surface area (Å²) in [6, 6.07) is 24.7. The molecule has 4 rings (SSSR count). The van der Waals surface area contributed by atoms with E-state index < -0.39 is 10.0 Å². The number of aromatic nitrogens is 3. The van der Waals surface area contributed by atoms with Gasteiger partial charge in [0.15, 0.2) is 11.0 Å². The SMILES string of the molecule is Cc1ccc(Cl)cc1-n1c(CNS(=O)(=O)Cc2ccccc2)nnc1SCc1ccccc1. The molecule has 0 aliphatic rings. The van der Waals surface area contributed by atoms with Crippen LogP contribution in [0.5, 0.6) is 0 Å². The standard InChI is InChI=1S/C24H23ClN4O2S2/c1-18-12-13-21(25)14-22(18)29-23(15-26-33(30,31)17-20-10-6-3-7-11-20)27-28-24(29)32-16-19-8-4-2-5-9-19/h2-14,26H,15-17H2,1H3. The van der Waals surface area contributed by atoms with E-state index in [1.807, 2.05) is 66.1 Å². The lowest BCUT2D eigenvalue weighted by molar-refractivity contribution is 0.577. The first-order chi connectivity index (χ1) is 15.9. The molecule has 3 aromatic carbocycles. The summed E-state index contributed by atoms with van der Waals surface area (Å²) in [5, 5.41) is 9.92. The van der Waals surface area contributed by atoms with Crippen molar-refractivity contribution in [3.8, 4) is 5.69 Å². The molecule has 1 heterocycles. The lowest BCUT2D eigenvalue weighted by Gasteiger charge is -2.14. The highest BCUT2D eigenvalue weighted by Crippen LogP contribution is 2.28. The van der Waals surface area contributed by atoms with Crippen LogP contribution < -0.4 is 4.72 Å². The Labute approximate surface area is 203 Å². The minimum atomic E-state index is -3.56. The molecular weight excluding hydrogens is 476 g/mol. The van der Waals surface area contributed by atoms with E-state index in [0.29, 0.717) is 21.8 Å². The normalized spacial score (nSPS) is 11.6. The van der Waals surface area contributed by atoms with Crippen LogP contribution in [0.15, 0.2) is 84.0 Å². The Morgan fingerprint density at radius 2 is 1.61 bits per heavy atom. The smallest absolute Gasteiger partial charge is 0.216 e. The second kappa shape index (κ2) is 10.5. The molecule has 1 N–H and O–H groups in total. The van der Waals surface area contributed by atoms with Crippen LogP contribution in [0.25, 0.3) is 5.69 Å². The van der Waals surface area contributed by atoms with Crippen LogP contribution in [0, 0.1) is 6.92 Å². The van der Waals surface area contributed by atoms with Crippen molar-refractivity contribution in [2.75, 3.05) is 0 Å². The van der Waals surface area contributed by atoms with Gasteiger partial charge >= 0.3 is 0 Å². The average molecular weight is 499 g/mol. The molecule has 33 heavy (non-hydrogen) atoms. The first-order valence-electron chi connectivity index (χ1n) is 10.3. The van der Waals surface area contributed by atoms with Crippen LogP contribution in [0.2, 0.25) is 5.02 Å². The highest BCUT2D eigenvalue weighted by Gasteiger charge is 2.19. The largest absolute Gasteiger partial charge is 0.273 e. The molecule has 0 unspecified atom stereocenters. The lowest BCUT2D eigenvalue weighted by atomic mass is 10.2. The maximum atomic E-state index is 12.7. The topological polar surface area (TPSA) is 76.9 Å². The number of sulfonamides is 1. The molecule has 1 aromatic heterocycles. The summed E-state index contributed by atoms with van der Waals surface area (Å²) in [6.45, 7) is 1.99. The van der Waals surface area contributed by atoms with E-state index in [9.17, 15) is 8.42 Å². The van der Waals surface area contributed by atoms with Crippen molar-refractivity contribution in [2.24, 2.45) is 0 Å². The molecule has 0 spiro atoms. The summed E-state index contributed by atoms with van der Waals surface area (Å²) in [6.07, 6.45) is 0. The number of benzene rings is 3. The Bertz CT molecular complexity index is 1330. The first-order valence-corrected chi connectivity index (χ1v) is 13.3. The number of thioether (sulfide) groups is 1. The zero-order valence-electron chi connectivity index (χ0n) is 18.0. The van der Waals surface area contributed by atoms with E-state index >= 15 is 0 Å². The predicted molar refractivity (Wildman–Crippen MR) is 133 cm³/mol. The van der Waals surface area contributed by atoms with Crippen molar-refractivity contribution in [1.82, 2.24) is 19.5 Å². The number of aryl methyl sites for hydroxylation is 1. The second-order valence-electron chi connectivity index (χ2n) is 7.51. The number of nitrogens with one attached hydrogen (secondary N) is 1. The third kappa shape index (κ3) is 6.23. The lowest BCUT2D eigenvalue weighted by Crippen LogP contribution is -2.26. The second-order valence-corrected chi connectivity index (χ2v) is 10.7. The van der Waals surface area contributed by atoms with Gasteiger partial charge in [-0.15, -0.1) is 10.2 Å². The predicted octanol–water partition coefficient (Wildman–Crippen LogP) is 5.14. The van der Waals surface area contributed by atoms with Crippen molar-refractivity contribution < 1.29 is 8.42 Å². The van der Waals surface area contributed by atoms with Crippen LogP contribution >= 0.6 is 23.4 Å². The maximum Gasteiger partial charge on any atom is 0.216 e. The van der Waals surface area contributed by atoms with Gasteiger partial charge in [0.1, 0.15) is 0 Å². The van der Waals surface area contributed by atoms with Crippen molar-refractivity contribution in [1.29, 1.82) is 0 Å². The molecular formula is C24H23ClN4O2S2. The minimum Gasteiger partial charge on any atom is -0.273 e. The summed E-state index contributed by atoms with van der Waals surface area (Å²) in [5.41, 5.74) is 3.68. The zero-order chi connectivity index (χ0) is 23.3. The van der Waals surface area contributed by atoms with E-state index in [-0.39, 0.29) is 12.3 Å². The van der Waals surface area contributed by atoms with Crippen LogP contribution in [0.3, 0.4) is 0 Å².